The van der Waals surface area contributed by atoms with Crippen LogP contribution in [-0.4, -0.2) is 8.42 Å². The van der Waals surface area contributed by atoms with Gasteiger partial charge in [0.05, 0.1) is 16.1 Å². The molecular weight excluding hydrogens is 410 g/mol. The van der Waals surface area contributed by atoms with Crippen LogP contribution in [0.4, 0.5) is 5.69 Å². The summed E-state index contributed by atoms with van der Waals surface area (Å²) < 4.78 is 32.6. The van der Waals surface area contributed by atoms with E-state index in [-0.39, 0.29) is 10.6 Å². The molecule has 0 atom stereocenters. The monoisotopic (exact) mass is 429 g/mol. The molecule has 31 heavy (non-hydrogen) atoms. The van der Waals surface area contributed by atoms with E-state index in [1.165, 1.54) is 18.2 Å². The maximum atomic E-state index is 13.1. The summed E-state index contributed by atoms with van der Waals surface area (Å²) in [6.07, 6.45) is 5.59. The molecule has 0 radical (unpaired) electrons. The van der Waals surface area contributed by atoms with Crippen LogP contribution in [0.15, 0.2) is 86.9 Å². The molecule has 3 aromatic carbocycles. The number of hydrogen-bond acceptors (Lipinski definition) is 4. The Kier molecular flexibility index (Phi) is 5.14. The van der Waals surface area contributed by atoms with E-state index in [0.717, 1.165) is 21.0 Å². The van der Waals surface area contributed by atoms with Crippen molar-refractivity contribution in [2.75, 3.05) is 4.31 Å². The third-order valence-corrected chi connectivity index (χ3v) is 6.73. The Morgan fingerprint density at radius 1 is 0.903 bits per heavy atom. The first kappa shape index (κ1) is 20.5. The SMILES string of the molecule is C#CN(c1ccc2oc(=O)c(-c3ccccc3C)cc2c1)S(=O)(=O)c1ccc(C)cc1. The minimum Gasteiger partial charge on any atom is -0.422 e. The van der Waals surface area contributed by atoms with E-state index in [2.05, 4.69) is 6.04 Å². The van der Waals surface area contributed by atoms with Gasteiger partial charge in [-0.1, -0.05) is 48.4 Å². The fourth-order valence-corrected chi connectivity index (χ4v) is 4.62. The van der Waals surface area contributed by atoms with Gasteiger partial charge in [-0.05, 0) is 61.4 Å². The van der Waals surface area contributed by atoms with Crippen molar-refractivity contribution in [2.45, 2.75) is 18.7 Å². The van der Waals surface area contributed by atoms with Crippen LogP contribution >= 0.6 is 0 Å². The number of sulfonamides is 1. The molecule has 0 N–H and O–H groups in total. The molecule has 154 valence electrons. The van der Waals surface area contributed by atoms with Crippen molar-refractivity contribution in [2.24, 2.45) is 0 Å². The molecular formula is C25H19NO4S. The lowest BCUT2D eigenvalue weighted by molar-refractivity contribution is 0.563. The number of hydrogen-bond donors (Lipinski definition) is 0. The highest BCUT2D eigenvalue weighted by Crippen LogP contribution is 2.29. The largest absolute Gasteiger partial charge is 0.422 e. The number of fused-ring (bicyclic) bond motifs is 1. The Morgan fingerprint density at radius 2 is 1.61 bits per heavy atom. The van der Waals surface area contributed by atoms with E-state index in [0.29, 0.717) is 16.5 Å². The van der Waals surface area contributed by atoms with Gasteiger partial charge in [-0.2, -0.15) is 4.31 Å². The van der Waals surface area contributed by atoms with Crippen LogP contribution in [0.25, 0.3) is 22.1 Å². The van der Waals surface area contributed by atoms with Crippen LogP contribution < -0.4 is 9.93 Å². The molecule has 4 aromatic rings. The Hall–Kier alpha value is -3.82. The summed E-state index contributed by atoms with van der Waals surface area (Å²) in [5.41, 5.74) is 3.18. The predicted molar refractivity (Wildman–Crippen MR) is 122 cm³/mol. The van der Waals surface area contributed by atoms with Gasteiger partial charge in [0.25, 0.3) is 10.0 Å². The van der Waals surface area contributed by atoms with Crippen molar-refractivity contribution in [3.8, 4) is 23.6 Å². The quantitative estimate of drug-likeness (QED) is 0.264. The molecule has 0 fully saturated rings. The highest BCUT2D eigenvalue weighted by atomic mass is 32.2. The molecule has 0 aliphatic heterocycles. The molecule has 5 nitrogen and oxygen atoms in total. The van der Waals surface area contributed by atoms with Gasteiger partial charge in [0, 0.05) is 11.4 Å². The van der Waals surface area contributed by atoms with Gasteiger partial charge in [0.1, 0.15) is 5.58 Å². The number of rotatable bonds is 4. The Bertz CT molecular complexity index is 1490. The summed E-state index contributed by atoms with van der Waals surface area (Å²) in [5, 5.41) is 0.565. The maximum Gasteiger partial charge on any atom is 0.344 e. The third-order valence-electron chi connectivity index (χ3n) is 5.06. The van der Waals surface area contributed by atoms with Crippen LogP contribution in [0.3, 0.4) is 0 Å². The van der Waals surface area contributed by atoms with Gasteiger partial charge in [-0.3, -0.25) is 0 Å². The number of aryl methyl sites for hydroxylation is 2. The lowest BCUT2D eigenvalue weighted by Gasteiger charge is -2.18. The molecule has 0 spiro atoms. The van der Waals surface area contributed by atoms with Crippen molar-refractivity contribution in [3.63, 3.8) is 0 Å². The van der Waals surface area contributed by atoms with Crippen molar-refractivity contribution >= 4 is 26.7 Å². The van der Waals surface area contributed by atoms with Crippen LogP contribution in [0.1, 0.15) is 11.1 Å². The van der Waals surface area contributed by atoms with Crippen molar-refractivity contribution < 1.29 is 12.8 Å². The van der Waals surface area contributed by atoms with E-state index in [1.54, 1.807) is 30.3 Å². The molecule has 0 aliphatic carbocycles. The van der Waals surface area contributed by atoms with E-state index >= 15 is 0 Å². The summed E-state index contributed by atoms with van der Waals surface area (Å²) >= 11 is 0. The summed E-state index contributed by atoms with van der Waals surface area (Å²) in [6.45, 7) is 3.78. The van der Waals surface area contributed by atoms with Gasteiger partial charge in [0.2, 0.25) is 0 Å². The number of nitrogens with zero attached hydrogens (tertiary/aromatic N) is 1. The van der Waals surface area contributed by atoms with Gasteiger partial charge in [-0.25, -0.2) is 13.2 Å². The van der Waals surface area contributed by atoms with Crippen molar-refractivity contribution in [3.05, 3.63) is 94.3 Å². The summed E-state index contributed by atoms with van der Waals surface area (Å²) in [4.78, 5) is 12.6. The number of terminal acetylenes is 1. The van der Waals surface area contributed by atoms with Gasteiger partial charge >= 0.3 is 5.63 Å². The maximum absolute atomic E-state index is 13.1. The van der Waals surface area contributed by atoms with E-state index < -0.39 is 15.6 Å². The van der Waals surface area contributed by atoms with Crippen LogP contribution in [0.2, 0.25) is 0 Å². The van der Waals surface area contributed by atoms with Gasteiger partial charge in [0.15, 0.2) is 0 Å². The molecule has 1 heterocycles. The Balaban J connectivity index is 1.85. The highest BCUT2D eigenvalue weighted by Gasteiger charge is 2.24. The third kappa shape index (κ3) is 3.72. The molecule has 6 heteroatoms. The summed E-state index contributed by atoms with van der Waals surface area (Å²) in [7, 11) is -3.96. The molecule has 4 rings (SSSR count). The second-order valence-corrected chi connectivity index (χ2v) is 8.98. The first-order valence-electron chi connectivity index (χ1n) is 9.53. The van der Waals surface area contributed by atoms with Crippen molar-refractivity contribution in [1.29, 1.82) is 0 Å². The fourth-order valence-electron chi connectivity index (χ4n) is 3.40. The average Bonchev–Trinajstić information content (AvgIpc) is 2.74. The minimum atomic E-state index is -3.96. The first-order valence-corrected chi connectivity index (χ1v) is 11.0. The molecule has 0 unspecified atom stereocenters. The normalized spacial score (nSPS) is 11.3. The lowest BCUT2D eigenvalue weighted by Crippen LogP contribution is -2.26. The summed E-state index contributed by atoms with van der Waals surface area (Å²) in [5.74, 6) is 0. The Labute approximate surface area is 180 Å². The zero-order valence-electron chi connectivity index (χ0n) is 17.0. The fraction of sp³-hybridized carbons (Fsp3) is 0.0800. The molecule has 0 aliphatic rings. The second-order valence-electron chi connectivity index (χ2n) is 7.20. The molecule has 1 aromatic heterocycles. The van der Waals surface area contributed by atoms with E-state index in [9.17, 15) is 13.2 Å². The topological polar surface area (TPSA) is 67.6 Å². The van der Waals surface area contributed by atoms with Crippen LogP contribution in [0.5, 0.6) is 0 Å². The Morgan fingerprint density at radius 3 is 2.29 bits per heavy atom. The van der Waals surface area contributed by atoms with E-state index in [1.807, 2.05) is 38.1 Å². The molecule has 0 amide bonds. The van der Waals surface area contributed by atoms with Crippen LogP contribution in [0, 0.1) is 26.3 Å². The van der Waals surface area contributed by atoms with Gasteiger partial charge < -0.3 is 4.42 Å². The smallest absolute Gasteiger partial charge is 0.344 e. The number of anilines is 1. The predicted octanol–water partition coefficient (Wildman–Crippen LogP) is 4.86. The zero-order chi connectivity index (χ0) is 22.2. The summed E-state index contributed by atoms with van der Waals surface area (Å²) in [6, 6.07) is 22.6. The van der Waals surface area contributed by atoms with Crippen molar-refractivity contribution in [1.82, 2.24) is 0 Å². The number of benzene rings is 3. The van der Waals surface area contributed by atoms with Crippen LogP contribution in [-0.2, 0) is 10.0 Å². The standard InChI is InChI=1S/C25H19NO4S/c1-4-26(31(28,29)21-12-9-17(2)10-13-21)20-11-14-24-19(15-20)16-23(25(27)30-24)22-8-6-5-7-18(22)3/h1,5-16H,2-3H3. The van der Waals surface area contributed by atoms with Gasteiger partial charge in [-0.15, -0.1) is 0 Å². The highest BCUT2D eigenvalue weighted by molar-refractivity contribution is 7.93. The molecule has 0 saturated heterocycles. The molecule has 0 saturated carbocycles. The second kappa shape index (κ2) is 7.78. The zero-order valence-corrected chi connectivity index (χ0v) is 17.8. The average molecular weight is 429 g/mol. The molecule has 0 bridgehead atoms. The minimum absolute atomic E-state index is 0.0938. The lowest BCUT2D eigenvalue weighted by atomic mass is 10.0. The first-order chi connectivity index (χ1) is 14.8. The van der Waals surface area contributed by atoms with E-state index in [4.69, 9.17) is 10.8 Å².